The maximum absolute atomic E-state index is 14.6. The molecule has 2 rings (SSSR count). The number of carboxylic acids is 1. The molecule has 12 amide bonds. The number of rotatable bonds is 48. The Balaban J connectivity index is 2.31. The highest BCUT2D eigenvalue weighted by molar-refractivity contribution is 6.00. The summed E-state index contributed by atoms with van der Waals surface area (Å²) in [6, 6.07) is -11.0. The number of nitrogens with zero attached hydrogens (tertiary/aromatic N) is 1. The van der Waals surface area contributed by atoms with Gasteiger partial charge in [-0.3, -0.25) is 57.5 Å². The van der Waals surface area contributed by atoms with E-state index in [-0.39, 0.29) is 63.3 Å². The number of aliphatic hydroxyl groups is 1. The Bertz CT molecular complexity index is 2880. The predicted molar refractivity (Wildman–Crippen MR) is 382 cm³/mol. The Kier molecular flexibility index (Phi) is 41.0. The Morgan fingerprint density at radius 2 is 0.824 bits per heavy atom. The van der Waals surface area contributed by atoms with Crippen LogP contribution in [0.3, 0.4) is 0 Å². The Morgan fingerprint density at radius 3 is 1.28 bits per heavy atom. The molecule has 0 radical (unpaired) electrons. The van der Waals surface area contributed by atoms with Crippen LogP contribution in [0, 0.1) is 23.7 Å². The number of hydrogen-bond acceptors (Lipinski definition) is 20. The molecule has 14 atom stereocenters. The van der Waals surface area contributed by atoms with Crippen LogP contribution in [0.2, 0.25) is 0 Å². The van der Waals surface area contributed by atoms with Gasteiger partial charge in [0.15, 0.2) is 0 Å². The lowest BCUT2D eigenvalue weighted by atomic mass is 9.98. The van der Waals surface area contributed by atoms with Gasteiger partial charge in [-0.2, -0.15) is 0 Å². The molecule has 0 aromatic heterocycles. The molecule has 1 saturated heterocycles. The molecule has 0 spiro atoms. The van der Waals surface area contributed by atoms with Crippen molar-refractivity contribution < 1.29 is 77.6 Å². The Labute approximate surface area is 599 Å². The number of carbonyl (C=O) groups excluding carboxylic acids is 12. The molecule has 1 aromatic carbocycles. The number of phenolic OH excluding ortho intramolecular Hbond substituents is 1. The van der Waals surface area contributed by atoms with Crippen LogP contribution >= 0.6 is 0 Å². The van der Waals surface area contributed by atoms with E-state index in [1.807, 2.05) is 0 Å². The molecule has 1 heterocycles. The highest BCUT2D eigenvalue weighted by atomic mass is 16.4. The highest BCUT2D eigenvalue weighted by Gasteiger charge is 2.42. The number of nitrogens with one attached hydrogen (secondary N) is 11. The average Bonchev–Trinajstić information content (AvgIpc) is 1.57. The fraction of sp³-hybridized carbons (Fsp3) is 0.725. The minimum Gasteiger partial charge on any atom is -0.508 e. The number of benzene rings is 1. The van der Waals surface area contributed by atoms with E-state index in [9.17, 15) is 77.6 Å². The number of carboxylic acid groups (broad SMARTS) is 1. The molecule has 1 fully saturated rings. The molecule has 0 saturated carbocycles. The smallest absolute Gasteiger partial charge is 0.326 e. The van der Waals surface area contributed by atoms with Crippen molar-refractivity contribution in [3.8, 4) is 5.75 Å². The number of carbonyl (C=O) groups is 13. The standard InChI is InChI=1S/C69H121N17O16/c1-37(2)35-50(63(95)84-55(40(7)8)69(101)102)80-66(98)53(38(3)4)82-64(96)51(36-44-26-28-45(88)29-27-44)81-67(99)56(43(11)87)85-58(90)42(10)75-57(89)41(9)76-65(97)52-25-20-34-86(52)68(100)54(39(5)6)83-62(94)49(24-15-19-33-73)79-61(93)48(23-14-18-32-72)78-60(92)47(22-13-17-31-71)77-59(91)46(74)21-12-16-30-70/h26-29,37-43,46-56,87-88H,12-25,30-36,70-74H2,1-11H3,(H,75,89)(H,76,97)(H,77,91)(H,78,92)(H,79,93)(H,80,98)(H,81,99)(H,82,96)(H,83,94)(H,84,95)(H,85,90)(H,101,102)/t41-,42-,43+,46-,47-,48-,49-,50-,51-,52-,53-,54-,55-,56-/m0/s1. The molecule has 24 N–H and O–H groups in total. The van der Waals surface area contributed by atoms with Gasteiger partial charge in [-0.1, -0.05) is 73.9 Å². The summed E-state index contributed by atoms with van der Waals surface area (Å²) in [5.41, 5.74) is 29.5. The largest absolute Gasteiger partial charge is 0.508 e. The van der Waals surface area contributed by atoms with E-state index < -0.39 is 179 Å². The second kappa shape index (κ2) is 46.5. The maximum atomic E-state index is 14.6. The molecule has 1 aliphatic rings. The molecule has 1 aromatic rings. The fourth-order valence-electron chi connectivity index (χ4n) is 11.3. The van der Waals surface area contributed by atoms with Crippen molar-refractivity contribution in [3.05, 3.63) is 29.8 Å². The van der Waals surface area contributed by atoms with Crippen LogP contribution in [0.5, 0.6) is 5.75 Å². The molecule has 33 nitrogen and oxygen atoms in total. The van der Waals surface area contributed by atoms with Gasteiger partial charge in [-0.15, -0.1) is 0 Å². The van der Waals surface area contributed by atoms with Gasteiger partial charge in [0.25, 0.3) is 0 Å². The molecule has 0 bridgehead atoms. The van der Waals surface area contributed by atoms with Crippen LogP contribution < -0.4 is 87.2 Å². The molecule has 1 aliphatic heterocycles. The first-order valence-corrected chi connectivity index (χ1v) is 35.9. The van der Waals surface area contributed by atoms with Crippen LogP contribution in [0.15, 0.2) is 24.3 Å². The number of likely N-dealkylation sites (tertiary alicyclic amines) is 1. The number of unbranched alkanes of at least 4 members (excludes halogenated alkanes) is 4. The first-order chi connectivity index (χ1) is 48.0. The van der Waals surface area contributed by atoms with E-state index in [1.165, 1.54) is 49.9 Å². The second-order valence-electron chi connectivity index (χ2n) is 28.0. The van der Waals surface area contributed by atoms with Gasteiger partial charge in [0.1, 0.15) is 78.3 Å². The topological polar surface area (TPSA) is 548 Å². The third kappa shape index (κ3) is 31.2. The lowest BCUT2D eigenvalue weighted by Gasteiger charge is -2.32. The number of hydrogen-bond donors (Lipinski definition) is 19. The zero-order chi connectivity index (χ0) is 77.1. The van der Waals surface area contributed by atoms with Crippen molar-refractivity contribution in [2.24, 2.45) is 52.3 Å². The number of aliphatic carboxylic acids is 1. The fourth-order valence-corrected chi connectivity index (χ4v) is 11.3. The minimum absolute atomic E-state index is 0.0849. The normalized spacial score (nSPS) is 16.8. The summed E-state index contributed by atoms with van der Waals surface area (Å²) >= 11 is 0. The van der Waals surface area contributed by atoms with E-state index in [4.69, 9.17) is 28.7 Å². The zero-order valence-electron chi connectivity index (χ0n) is 61.5. The summed E-state index contributed by atoms with van der Waals surface area (Å²) in [7, 11) is 0. The van der Waals surface area contributed by atoms with Crippen LogP contribution in [0.1, 0.15) is 178 Å². The molecule has 102 heavy (non-hydrogen) atoms. The van der Waals surface area contributed by atoms with E-state index in [0.29, 0.717) is 89.4 Å². The molecule has 0 aliphatic carbocycles. The van der Waals surface area contributed by atoms with Crippen molar-refractivity contribution in [1.29, 1.82) is 0 Å². The lowest BCUT2D eigenvalue weighted by Crippen LogP contribution is -2.62. The zero-order valence-corrected chi connectivity index (χ0v) is 61.5. The van der Waals surface area contributed by atoms with E-state index in [2.05, 4.69) is 58.5 Å². The van der Waals surface area contributed by atoms with Crippen LogP contribution in [-0.4, -0.2) is 214 Å². The molecular weight excluding hydrogens is 1320 g/mol. The molecule has 0 unspecified atom stereocenters. The predicted octanol–water partition coefficient (Wildman–Crippen LogP) is -2.38. The Morgan fingerprint density at radius 1 is 0.441 bits per heavy atom. The molecule has 33 heteroatoms. The van der Waals surface area contributed by atoms with Crippen molar-refractivity contribution >= 4 is 76.9 Å². The number of aliphatic hydroxyl groups excluding tert-OH is 1. The minimum atomic E-state index is -1.76. The maximum Gasteiger partial charge on any atom is 0.326 e. The number of amides is 12. The van der Waals surface area contributed by atoms with Crippen LogP contribution in [0.4, 0.5) is 0 Å². The number of aromatic hydroxyl groups is 1. The third-order valence-electron chi connectivity index (χ3n) is 17.5. The summed E-state index contributed by atoms with van der Waals surface area (Å²) in [6.45, 7) is 18.6. The van der Waals surface area contributed by atoms with Gasteiger partial charge in [-0.25, -0.2) is 4.79 Å². The van der Waals surface area contributed by atoms with Gasteiger partial charge in [-0.05, 0) is 178 Å². The van der Waals surface area contributed by atoms with Gasteiger partial charge in [0, 0.05) is 13.0 Å². The van der Waals surface area contributed by atoms with Crippen molar-refractivity contribution in [3.63, 3.8) is 0 Å². The lowest BCUT2D eigenvalue weighted by molar-refractivity contribution is -0.143. The summed E-state index contributed by atoms with van der Waals surface area (Å²) in [6.07, 6.45) is 3.58. The summed E-state index contributed by atoms with van der Waals surface area (Å²) in [5.74, 6) is -12.6. The number of phenols is 1. The Hall–Kier alpha value is -8.11. The first kappa shape index (κ1) is 90.0. The SMILES string of the molecule is CC(C)C[C@H](NC(=O)[C@@H](NC(=O)[C@H](Cc1ccc(O)cc1)NC(=O)[C@@H](NC(=O)[C@H](C)NC(=O)[C@H](C)NC(=O)[C@@H]1CCCN1C(=O)[C@@H](NC(=O)[C@H](CCCCN)NC(=O)[C@H](CCCCN)NC(=O)[C@H](CCCCN)NC(=O)[C@@H](N)CCCCN)C(C)C)[C@@H](C)O)C(C)C)C(=O)N[C@H](C(=O)O)C(C)C. The second-order valence-corrected chi connectivity index (χ2v) is 28.0. The summed E-state index contributed by atoms with van der Waals surface area (Å²) < 4.78 is 0. The molecule has 578 valence electrons. The highest BCUT2D eigenvalue weighted by Crippen LogP contribution is 2.22. The van der Waals surface area contributed by atoms with Gasteiger partial charge in [0.05, 0.1) is 12.1 Å². The van der Waals surface area contributed by atoms with Crippen molar-refractivity contribution in [2.75, 3.05) is 32.7 Å². The third-order valence-corrected chi connectivity index (χ3v) is 17.5. The van der Waals surface area contributed by atoms with E-state index in [0.717, 1.165) is 0 Å². The van der Waals surface area contributed by atoms with Crippen molar-refractivity contribution in [1.82, 2.24) is 63.4 Å². The first-order valence-electron chi connectivity index (χ1n) is 35.9. The molecular formula is C69H121N17O16. The van der Waals surface area contributed by atoms with Gasteiger partial charge < -0.3 is 107 Å². The van der Waals surface area contributed by atoms with Gasteiger partial charge in [0.2, 0.25) is 70.9 Å². The van der Waals surface area contributed by atoms with Crippen LogP contribution in [-0.2, 0) is 68.7 Å². The summed E-state index contributed by atoms with van der Waals surface area (Å²) in [5, 5.41) is 59.5. The van der Waals surface area contributed by atoms with E-state index >= 15 is 0 Å². The quantitative estimate of drug-likeness (QED) is 0.0303. The monoisotopic (exact) mass is 1440 g/mol. The van der Waals surface area contributed by atoms with E-state index in [1.54, 1.807) is 55.4 Å². The van der Waals surface area contributed by atoms with Gasteiger partial charge >= 0.3 is 5.97 Å². The summed E-state index contributed by atoms with van der Waals surface area (Å²) in [4.78, 5) is 181. The van der Waals surface area contributed by atoms with Crippen molar-refractivity contribution in [2.45, 2.75) is 264 Å². The average molecular weight is 1440 g/mol. The van der Waals surface area contributed by atoms with Crippen LogP contribution in [0.25, 0.3) is 0 Å². The number of nitrogens with two attached hydrogens (primary N) is 5.